The van der Waals surface area contributed by atoms with Gasteiger partial charge in [-0.3, -0.25) is 20.6 Å². The van der Waals surface area contributed by atoms with Crippen LogP contribution in [0.4, 0.5) is 19.0 Å². The number of rotatable bonds is 5. The van der Waals surface area contributed by atoms with E-state index in [0.717, 1.165) is 16.5 Å². The molecule has 3 heterocycles. The third-order valence-electron chi connectivity index (χ3n) is 4.77. The van der Waals surface area contributed by atoms with Crippen LogP contribution < -0.4 is 10.9 Å². The highest BCUT2D eigenvalue weighted by molar-refractivity contribution is 5.98. The maximum atomic E-state index is 13.3. The summed E-state index contributed by atoms with van der Waals surface area (Å²) in [5.41, 5.74) is 5.99. The van der Waals surface area contributed by atoms with Crippen LogP contribution in [0.15, 0.2) is 54.7 Å². The minimum Gasteiger partial charge on any atom is -0.350 e. The predicted molar refractivity (Wildman–Crippen MR) is 114 cm³/mol. The van der Waals surface area contributed by atoms with Crippen LogP contribution in [-0.2, 0) is 6.18 Å². The minimum absolute atomic E-state index is 0.171. The Kier molecular flexibility index (Phi) is 5.52. The van der Waals surface area contributed by atoms with Crippen LogP contribution in [0.2, 0.25) is 0 Å². The average molecular weight is 440 g/mol. The zero-order valence-corrected chi connectivity index (χ0v) is 17.2. The maximum absolute atomic E-state index is 13.3. The van der Waals surface area contributed by atoms with Crippen LogP contribution in [0.1, 0.15) is 41.5 Å². The molecule has 3 N–H and O–H groups in total. The smallest absolute Gasteiger partial charge is 0.350 e. The van der Waals surface area contributed by atoms with Crippen molar-refractivity contribution in [2.75, 3.05) is 5.43 Å². The topological polar surface area (TPSA) is 95.6 Å². The predicted octanol–water partition coefficient (Wildman–Crippen LogP) is 4.92. The van der Waals surface area contributed by atoms with Crippen molar-refractivity contribution in [2.45, 2.75) is 25.9 Å². The number of hydrazine groups is 1. The average Bonchev–Trinajstić information content (AvgIpc) is 3.21. The van der Waals surface area contributed by atoms with Gasteiger partial charge in [0.25, 0.3) is 5.91 Å². The van der Waals surface area contributed by atoms with E-state index in [2.05, 4.69) is 44.6 Å². The van der Waals surface area contributed by atoms with Gasteiger partial charge in [0.1, 0.15) is 17.2 Å². The Morgan fingerprint density at radius 2 is 1.88 bits per heavy atom. The van der Waals surface area contributed by atoms with E-state index in [0.29, 0.717) is 12.0 Å². The SMILES string of the molecule is CC(C)c1ccc2cc(C(=O)NNc3cc(C(F)(F)F)nc(-c4ccccn4)n3)[nH]c2c1. The summed E-state index contributed by atoms with van der Waals surface area (Å²) < 4.78 is 39.9. The van der Waals surface area contributed by atoms with Crippen LogP contribution in [0.3, 0.4) is 0 Å². The fraction of sp³-hybridized carbons (Fsp3) is 0.182. The lowest BCUT2D eigenvalue weighted by atomic mass is 10.0. The molecule has 164 valence electrons. The number of alkyl halides is 3. The highest BCUT2D eigenvalue weighted by atomic mass is 19.4. The van der Waals surface area contributed by atoms with Crippen molar-refractivity contribution in [3.63, 3.8) is 0 Å². The summed E-state index contributed by atoms with van der Waals surface area (Å²) >= 11 is 0. The summed E-state index contributed by atoms with van der Waals surface area (Å²) in [5.74, 6) is -0.669. The summed E-state index contributed by atoms with van der Waals surface area (Å²) in [4.78, 5) is 27.2. The normalized spacial score (nSPS) is 11.7. The van der Waals surface area contributed by atoms with E-state index in [4.69, 9.17) is 0 Å². The molecule has 0 spiro atoms. The Hall–Kier alpha value is -3.95. The Balaban J connectivity index is 1.57. The van der Waals surface area contributed by atoms with E-state index >= 15 is 0 Å². The second-order valence-electron chi connectivity index (χ2n) is 7.44. The van der Waals surface area contributed by atoms with Gasteiger partial charge >= 0.3 is 6.18 Å². The molecule has 1 amide bonds. The molecule has 10 heteroatoms. The Morgan fingerprint density at radius 1 is 1.06 bits per heavy atom. The number of hydrogen-bond donors (Lipinski definition) is 3. The van der Waals surface area contributed by atoms with E-state index < -0.39 is 17.8 Å². The summed E-state index contributed by atoms with van der Waals surface area (Å²) in [6, 6.07) is 13.0. The van der Waals surface area contributed by atoms with Gasteiger partial charge in [-0.05, 0) is 35.7 Å². The number of pyridine rings is 1. The molecule has 7 nitrogen and oxygen atoms in total. The van der Waals surface area contributed by atoms with E-state index in [1.165, 1.54) is 12.3 Å². The van der Waals surface area contributed by atoms with Crippen LogP contribution in [0.25, 0.3) is 22.4 Å². The van der Waals surface area contributed by atoms with E-state index in [-0.39, 0.29) is 23.0 Å². The molecule has 0 saturated carbocycles. The van der Waals surface area contributed by atoms with E-state index in [1.807, 2.05) is 18.2 Å². The van der Waals surface area contributed by atoms with Gasteiger partial charge < -0.3 is 4.98 Å². The number of anilines is 1. The van der Waals surface area contributed by atoms with Crippen LogP contribution in [-0.4, -0.2) is 25.8 Å². The van der Waals surface area contributed by atoms with Crippen molar-refractivity contribution in [1.29, 1.82) is 0 Å². The largest absolute Gasteiger partial charge is 0.433 e. The molecule has 0 saturated heterocycles. The summed E-state index contributed by atoms with van der Waals surface area (Å²) in [5, 5.41) is 0.846. The van der Waals surface area contributed by atoms with Gasteiger partial charge in [-0.1, -0.05) is 32.0 Å². The molecule has 0 radical (unpaired) electrons. The molecular formula is C22H19F3N6O. The summed E-state index contributed by atoms with van der Waals surface area (Å²) in [7, 11) is 0. The second-order valence-corrected chi connectivity index (χ2v) is 7.44. The van der Waals surface area contributed by atoms with Gasteiger partial charge in [0.05, 0.1) is 0 Å². The molecule has 0 fully saturated rings. The molecule has 0 atom stereocenters. The van der Waals surface area contributed by atoms with E-state index in [9.17, 15) is 18.0 Å². The molecule has 32 heavy (non-hydrogen) atoms. The lowest BCUT2D eigenvalue weighted by Crippen LogP contribution is -2.30. The maximum Gasteiger partial charge on any atom is 0.433 e. The number of benzene rings is 1. The quantitative estimate of drug-likeness (QED) is 0.383. The summed E-state index contributed by atoms with van der Waals surface area (Å²) in [6.07, 6.45) is -3.27. The highest BCUT2D eigenvalue weighted by Crippen LogP contribution is 2.30. The van der Waals surface area contributed by atoms with Crippen molar-refractivity contribution in [3.05, 3.63) is 71.7 Å². The molecular weight excluding hydrogens is 421 g/mol. The van der Waals surface area contributed by atoms with Crippen LogP contribution >= 0.6 is 0 Å². The first-order chi connectivity index (χ1) is 15.2. The highest BCUT2D eigenvalue weighted by Gasteiger charge is 2.34. The minimum atomic E-state index is -4.70. The van der Waals surface area contributed by atoms with Crippen LogP contribution in [0.5, 0.6) is 0 Å². The fourth-order valence-electron chi connectivity index (χ4n) is 3.08. The zero-order valence-electron chi connectivity index (χ0n) is 17.2. The van der Waals surface area contributed by atoms with Crippen molar-refractivity contribution < 1.29 is 18.0 Å². The number of nitrogens with zero attached hydrogens (tertiary/aromatic N) is 3. The van der Waals surface area contributed by atoms with Gasteiger partial charge in [-0.15, -0.1) is 0 Å². The van der Waals surface area contributed by atoms with Gasteiger partial charge in [-0.25, -0.2) is 9.97 Å². The van der Waals surface area contributed by atoms with Crippen molar-refractivity contribution in [1.82, 2.24) is 25.4 Å². The summed E-state index contributed by atoms with van der Waals surface area (Å²) in [6.45, 7) is 4.13. The third-order valence-corrected chi connectivity index (χ3v) is 4.77. The van der Waals surface area contributed by atoms with Crippen molar-refractivity contribution in [3.8, 4) is 11.5 Å². The van der Waals surface area contributed by atoms with Gasteiger partial charge in [0.2, 0.25) is 0 Å². The number of carbonyl (C=O) groups is 1. The lowest BCUT2D eigenvalue weighted by Gasteiger charge is -2.12. The third kappa shape index (κ3) is 4.53. The molecule has 0 aliphatic rings. The standard InChI is InChI=1S/C22H19F3N6O/c1-12(2)13-6-7-14-10-17(27-16(14)9-13)21(32)31-30-19-11-18(22(23,24)25)28-20(29-19)15-5-3-4-8-26-15/h3-12,27H,1-2H3,(H,31,32)(H,28,29,30). The first-order valence-electron chi connectivity index (χ1n) is 9.77. The molecule has 3 aromatic heterocycles. The fourth-order valence-corrected chi connectivity index (χ4v) is 3.08. The van der Waals surface area contributed by atoms with Gasteiger partial charge in [0, 0.05) is 23.2 Å². The molecule has 0 unspecified atom stereocenters. The van der Waals surface area contributed by atoms with E-state index in [1.54, 1.807) is 18.2 Å². The number of amides is 1. The first-order valence-corrected chi connectivity index (χ1v) is 9.77. The van der Waals surface area contributed by atoms with Crippen molar-refractivity contribution in [2.24, 2.45) is 0 Å². The Labute approximate surface area is 181 Å². The number of aromatic amines is 1. The Morgan fingerprint density at radius 3 is 2.56 bits per heavy atom. The molecule has 1 aromatic carbocycles. The number of halogens is 3. The number of hydrogen-bond acceptors (Lipinski definition) is 5. The zero-order chi connectivity index (χ0) is 22.9. The number of aromatic nitrogens is 4. The first kappa shape index (κ1) is 21.3. The molecule has 4 aromatic rings. The molecule has 0 bridgehead atoms. The van der Waals surface area contributed by atoms with Gasteiger partial charge in [0.15, 0.2) is 11.5 Å². The molecule has 4 rings (SSSR count). The number of fused-ring (bicyclic) bond motifs is 1. The second kappa shape index (κ2) is 8.29. The number of nitrogens with one attached hydrogen (secondary N) is 3. The number of carbonyl (C=O) groups excluding carboxylic acids is 1. The lowest BCUT2D eigenvalue weighted by molar-refractivity contribution is -0.141. The Bertz CT molecular complexity index is 1270. The van der Waals surface area contributed by atoms with Crippen molar-refractivity contribution >= 4 is 22.6 Å². The number of H-pyrrole nitrogens is 1. The molecule has 0 aliphatic heterocycles. The van der Waals surface area contributed by atoms with Gasteiger partial charge in [-0.2, -0.15) is 13.2 Å². The van der Waals surface area contributed by atoms with Crippen LogP contribution in [0, 0.1) is 0 Å². The monoisotopic (exact) mass is 440 g/mol. The molecule has 0 aliphatic carbocycles.